The third-order valence-corrected chi connectivity index (χ3v) is 3.81. The van der Waals surface area contributed by atoms with Crippen LogP contribution in [0.25, 0.3) is 0 Å². The van der Waals surface area contributed by atoms with E-state index < -0.39 is 0 Å². The minimum atomic E-state index is 0.0442. The fourth-order valence-corrected chi connectivity index (χ4v) is 2.60. The first kappa shape index (κ1) is 15.6. The second kappa shape index (κ2) is 10.5. The number of unbranched alkanes of at least 4 members (excludes halogenated alkanes) is 6. The van der Waals surface area contributed by atoms with E-state index in [2.05, 4.69) is 23.4 Å². The van der Waals surface area contributed by atoms with E-state index in [0.29, 0.717) is 0 Å². The maximum absolute atomic E-state index is 11.0. The Hall–Kier alpha value is -0.410. The van der Waals surface area contributed by atoms with Gasteiger partial charge < -0.3 is 5.32 Å². The lowest BCUT2D eigenvalue weighted by Gasteiger charge is -2.31. The zero-order valence-electron chi connectivity index (χ0n) is 11.9. The molecule has 3 heteroatoms. The highest BCUT2D eigenvalue weighted by Gasteiger charge is 2.19. The van der Waals surface area contributed by atoms with Gasteiger partial charge >= 0.3 is 0 Å². The molecule has 0 aliphatic carbocycles. The van der Waals surface area contributed by atoms with Crippen LogP contribution >= 0.6 is 0 Å². The molecule has 1 atom stereocenters. The normalized spacial score (nSPS) is 18.7. The summed E-state index contributed by atoms with van der Waals surface area (Å²) in [5, 5.41) is 3.32. The maximum Gasteiger partial charge on any atom is 0.217 e. The van der Waals surface area contributed by atoms with Gasteiger partial charge in [0.25, 0.3) is 0 Å². The summed E-state index contributed by atoms with van der Waals surface area (Å²) in [5.74, 6) is 0. The van der Waals surface area contributed by atoms with Crippen LogP contribution in [0, 0.1) is 0 Å². The molecule has 3 nitrogen and oxygen atoms in total. The fraction of sp³-hybridized carbons (Fsp3) is 0.933. The molecule has 0 saturated carbocycles. The van der Waals surface area contributed by atoms with E-state index in [1.807, 2.05) is 0 Å². The number of carbonyl (C=O) groups excluding carboxylic acids is 1. The Labute approximate surface area is 112 Å². The van der Waals surface area contributed by atoms with Gasteiger partial charge in [-0.1, -0.05) is 51.9 Å². The lowest BCUT2D eigenvalue weighted by atomic mass is 10.0. The topological polar surface area (TPSA) is 32.3 Å². The molecule has 1 rings (SSSR count). The van der Waals surface area contributed by atoms with E-state index in [1.165, 1.54) is 44.9 Å². The molecule has 0 bridgehead atoms. The predicted molar refractivity (Wildman–Crippen MR) is 76.5 cm³/mol. The van der Waals surface area contributed by atoms with Gasteiger partial charge in [0, 0.05) is 26.2 Å². The quantitative estimate of drug-likeness (QED) is 0.607. The average molecular weight is 253 g/mol. The summed E-state index contributed by atoms with van der Waals surface area (Å²) >= 11 is 0. The summed E-state index contributed by atoms with van der Waals surface area (Å²) in [6.45, 7) is 6.26. The Bertz CT molecular complexity index is 203. The van der Waals surface area contributed by atoms with Crippen LogP contribution in [0.2, 0.25) is 0 Å². The fourth-order valence-electron chi connectivity index (χ4n) is 2.60. The van der Waals surface area contributed by atoms with Gasteiger partial charge in [-0.15, -0.1) is 0 Å². The van der Waals surface area contributed by atoms with Gasteiger partial charge in [0.15, 0.2) is 0 Å². The molecule has 0 aromatic rings. The van der Waals surface area contributed by atoms with Crippen molar-refractivity contribution in [2.24, 2.45) is 0 Å². The SMILES string of the molecule is CCCCCCCCCC([C]=O)N1CCNCC1. The number of piperazine rings is 1. The van der Waals surface area contributed by atoms with Gasteiger partial charge in [-0.3, -0.25) is 9.69 Å². The van der Waals surface area contributed by atoms with Gasteiger partial charge in [0.05, 0.1) is 6.04 Å². The second-order valence-corrected chi connectivity index (χ2v) is 5.33. The van der Waals surface area contributed by atoms with Crippen molar-refractivity contribution in [1.82, 2.24) is 10.2 Å². The van der Waals surface area contributed by atoms with Crippen molar-refractivity contribution >= 4 is 6.29 Å². The summed E-state index contributed by atoms with van der Waals surface area (Å²) in [4.78, 5) is 13.3. The van der Waals surface area contributed by atoms with E-state index in [0.717, 1.165) is 32.6 Å². The van der Waals surface area contributed by atoms with Crippen molar-refractivity contribution in [3.63, 3.8) is 0 Å². The monoisotopic (exact) mass is 253 g/mol. The second-order valence-electron chi connectivity index (χ2n) is 5.33. The van der Waals surface area contributed by atoms with E-state index in [1.54, 1.807) is 0 Å². The molecule has 1 heterocycles. The summed E-state index contributed by atoms with van der Waals surface area (Å²) < 4.78 is 0. The molecule has 1 unspecified atom stereocenters. The van der Waals surface area contributed by atoms with Crippen LogP contribution in [-0.2, 0) is 4.79 Å². The van der Waals surface area contributed by atoms with E-state index in [4.69, 9.17) is 0 Å². The molecule has 0 amide bonds. The predicted octanol–water partition coefficient (Wildman–Crippen LogP) is 2.51. The molecule has 1 radical (unpaired) electrons. The first-order valence-electron chi connectivity index (χ1n) is 7.71. The number of nitrogens with zero attached hydrogens (tertiary/aromatic N) is 1. The molecule has 0 spiro atoms. The van der Waals surface area contributed by atoms with Crippen molar-refractivity contribution in [3.05, 3.63) is 0 Å². The van der Waals surface area contributed by atoms with Gasteiger partial charge in [0.2, 0.25) is 6.29 Å². The molecule has 1 saturated heterocycles. The van der Waals surface area contributed by atoms with Crippen LogP contribution in [0.5, 0.6) is 0 Å². The molecule has 0 aromatic carbocycles. The highest BCUT2D eigenvalue weighted by Crippen LogP contribution is 2.12. The molecule has 18 heavy (non-hydrogen) atoms. The molecule has 1 N–H and O–H groups in total. The Morgan fingerprint density at radius 3 is 2.28 bits per heavy atom. The van der Waals surface area contributed by atoms with Gasteiger partial charge in [0.1, 0.15) is 0 Å². The van der Waals surface area contributed by atoms with Crippen molar-refractivity contribution in [3.8, 4) is 0 Å². The number of hydrogen-bond acceptors (Lipinski definition) is 3. The first-order chi connectivity index (χ1) is 8.88. The van der Waals surface area contributed by atoms with Crippen LogP contribution in [0.4, 0.5) is 0 Å². The van der Waals surface area contributed by atoms with Gasteiger partial charge in [-0.05, 0) is 6.42 Å². The third kappa shape index (κ3) is 6.50. The van der Waals surface area contributed by atoms with Gasteiger partial charge in [-0.2, -0.15) is 0 Å². The van der Waals surface area contributed by atoms with Crippen LogP contribution in [0.3, 0.4) is 0 Å². The van der Waals surface area contributed by atoms with E-state index >= 15 is 0 Å². The van der Waals surface area contributed by atoms with Crippen LogP contribution < -0.4 is 5.32 Å². The van der Waals surface area contributed by atoms with Crippen molar-refractivity contribution < 1.29 is 4.79 Å². The summed E-state index contributed by atoms with van der Waals surface area (Å²) in [6.07, 6.45) is 12.4. The number of nitrogens with one attached hydrogen (secondary N) is 1. The first-order valence-corrected chi connectivity index (χ1v) is 7.71. The number of rotatable bonds is 10. The molecular weight excluding hydrogens is 224 g/mol. The van der Waals surface area contributed by atoms with Crippen LogP contribution in [0.15, 0.2) is 0 Å². The molecule has 105 valence electrons. The molecule has 0 aromatic heterocycles. The smallest absolute Gasteiger partial charge is 0.217 e. The summed E-state index contributed by atoms with van der Waals surface area (Å²) in [7, 11) is 0. The molecule has 1 fully saturated rings. The largest absolute Gasteiger partial charge is 0.314 e. The maximum atomic E-state index is 11.0. The highest BCUT2D eigenvalue weighted by atomic mass is 16.1. The standard InChI is InChI=1S/C15H29N2O/c1-2-3-4-5-6-7-8-9-15(14-18)17-12-10-16-11-13-17/h15-16H,2-13H2,1H3. The van der Waals surface area contributed by atoms with Crippen LogP contribution in [0.1, 0.15) is 58.3 Å². The van der Waals surface area contributed by atoms with Crippen molar-refractivity contribution in [1.29, 1.82) is 0 Å². The zero-order valence-corrected chi connectivity index (χ0v) is 11.9. The Balaban J connectivity index is 2.02. The molecule has 1 aliphatic rings. The molecule has 1 aliphatic heterocycles. The van der Waals surface area contributed by atoms with Crippen molar-refractivity contribution in [2.45, 2.75) is 64.3 Å². The average Bonchev–Trinajstić information content (AvgIpc) is 2.43. The summed E-state index contributed by atoms with van der Waals surface area (Å²) in [5.41, 5.74) is 0. The lowest BCUT2D eigenvalue weighted by molar-refractivity contribution is 0.199. The zero-order chi connectivity index (χ0) is 13.1. The number of hydrogen-bond donors (Lipinski definition) is 1. The Morgan fingerprint density at radius 1 is 1.06 bits per heavy atom. The van der Waals surface area contributed by atoms with E-state index in [9.17, 15) is 4.79 Å². The Kier molecular flexibility index (Phi) is 9.13. The van der Waals surface area contributed by atoms with Gasteiger partial charge in [-0.25, -0.2) is 0 Å². The molecular formula is C15H29N2O. The minimum Gasteiger partial charge on any atom is -0.314 e. The van der Waals surface area contributed by atoms with Crippen molar-refractivity contribution in [2.75, 3.05) is 26.2 Å². The third-order valence-electron chi connectivity index (χ3n) is 3.81. The Morgan fingerprint density at radius 2 is 1.67 bits per heavy atom. The highest BCUT2D eigenvalue weighted by molar-refractivity contribution is 5.58. The lowest BCUT2D eigenvalue weighted by Crippen LogP contribution is -2.49. The van der Waals surface area contributed by atoms with E-state index in [-0.39, 0.29) is 6.04 Å². The summed E-state index contributed by atoms with van der Waals surface area (Å²) in [6, 6.07) is 0.0442. The minimum absolute atomic E-state index is 0.0442. The van der Waals surface area contributed by atoms with Crippen LogP contribution in [-0.4, -0.2) is 43.4 Å².